The van der Waals surface area contributed by atoms with Crippen molar-refractivity contribution in [2.75, 3.05) is 20.3 Å². The molecular weight excluding hydrogens is 244 g/mol. The molecule has 0 aliphatic rings. The highest BCUT2D eigenvalue weighted by Crippen LogP contribution is 2.21. The van der Waals surface area contributed by atoms with Crippen molar-refractivity contribution < 1.29 is 19.4 Å². The molecule has 0 saturated carbocycles. The summed E-state index contributed by atoms with van der Waals surface area (Å²) in [4.78, 5) is 11.8. The van der Waals surface area contributed by atoms with E-state index in [1.807, 2.05) is 44.2 Å². The summed E-state index contributed by atoms with van der Waals surface area (Å²) in [6, 6.07) is 9.56. The molecule has 0 fully saturated rings. The van der Waals surface area contributed by atoms with Gasteiger partial charge in [-0.2, -0.15) is 0 Å². The molecule has 0 saturated heterocycles. The fourth-order valence-electron chi connectivity index (χ4n) is 1.54. The minimum absolute atomic E-state index is 0.0212. The second-order valence-corrected chi connectivity index (χ2v) is 5.32. The van der Waals surface area contributed by atoms with Crippen LogP contribution < -0.4 is 0 Å². The average molecular weight is 266 g/mol. The van der Waals surface area contributed by atoms with Gasteiger partial charge in [0.05, 0.1) is 25.7 Å². The Morgan fingerprint density at radius 1 is 1.32 bits per heavy atom. The fraction of sp³-hybridized carbons (Fsp3) is 0.533. The van der Waals surface area contributed by atoms with Gasteiger partial charge in [0, 0.05) is 12.5 Å². The first-order valence-corrected chi connectivity index (χ1v) is 6.33. The van der Waals surface area contributed by atoms with Gasteiger partial charge in [-0.3, -0.25) is 4.79 Å². The smallest absolute Gasteiger partial charge is 0.308 e. The van der Waals surface area contributed by atoms with E-state index in [9.17, 15) is 4.79 Å². The van der Waals surface area contributed by atoms with Gasteiger partial charge in [-0.25, -0.2) is 0 Å². The lowest BCUT2D eigenvalue weighted by Gasteiger charge is -2.22. The summed E-state index contributed by atoms with van der Waals surface area (Å²) >= 11 is 0. The summed E-state index contributed by atoms with van der Waals surface area (Å²) in [5.41, 5.74) is 0.536. The molecule has 0 bridgehead atoms. The highest BCUT2D eigenvalue weighted by molar-refractivity contribution is 5.70. The molecular formula is C15H22O4. The Morgan fingerprint density at radius 3 is 2.47 bits per heavy atom. The number of hydrogen-bond acceptors (Lipinski definition) is 4. The fourth-order valence-corrected chi connectivity index (χ4v) is 1.54. The first-order chi connectivity index (χ1) is 8.98. The second kappa shape index (κ2) is 7.26. The largest absolute Gasteiger partial charge is 0.465 e. The first-order valence-electron chi connectivity index (χ1n) is 6.33. The number of esters is 1. The van der Waals surface area contributed by atoms with E-state index in [1.54, 1.807) is 7.11 Å². The summed E-state index contributed by atoms with van der Waals surface area (Å²) < 4.78 is 10.5. The molecule has 1 aromatic rings. The van der Waals surface area contributed by atoms with Gasteiger partial charge in [0.15, 0.2) is 0 Å². The van der Waals surface area contributed by atoms with Crippen LogP contribution in [0.3, 0.4) is 0 Å². The number of ether oxygens (including phenoxy) is 2. The summed E-state index contributed by atoms with van der Waals surface area (Å²) in [5, 5.41) is 9.10. The van der Waals surface area contributed by atoms with Gasteiger partial charge in [0.25, 0.3) is 0 Å². The van der Waals surface area contributed by atoms with Crippen LogP contribution in [0.5, 0.6) is 0 Å². The molecule has 1 rings (SSSR count). The van der Waals surface area contributed by atoms with E-state index in [2.05, 4.69) is 0 Å². The van der Waals surface area contributed by atoms with Crippen molar-refractivity contribution in [3.05, 3.63) is 35.9 Å². The van der Waals surface area contributed by atoms with Crippen molar-refractivity contribution in [3.63, 3.8) is 0 Å². The molecule has 0 aliphatic heterocycles. The monoisotopic (exact) mass is 266 g/mol. The molecule has 1 unspecified atom stereocenters. The zero-order valence-electron chi connectivity index (χ0n) is 11.8. The summed E-state index contributed by atoms with van der Waals surface area (Å²) in [7, 11) is 1.57. The van der Waals surface area contributed by atoms with E-state index >= 15 is 0 Å². The number of carbonyl (C=O) groups is 1. The molecule has 0 aromatic heterocycles. The quantitative estimate of drug-likeness (QED) is 0.770. The normalized spacial score (nSPS) is 13.1. The minimum atomic E-state index is -0.412. The molecule has 0 amide bonds. The topological polar surface area (TPSA) is 55.8 Å². The molecule has 0 radical (unpaired) electrons. The minimum Gasteiger partial charge on any atom is -0.465 e. The molecule has 0 heterocycles. The van der Waals surface area contributed by atoms with Gasteiger partial charge in [-0.15, -0.1) is 0 Å². The lowest BCUT2D eigenvalue weighted by Crippen LogP contribution is -2.26. The summed E-state index contributed by atoms with van der Waals surface area (Å²) in [6.45, 7) is 3.86. The Bertz CT molecular complexity index is 386. The van der Waals surface area contributed by atoms with Crippen molar-refractivity contribution in [2.45, 2.75) is 26.4 Å². The third-order valence-corrected chi connectivity index (χ3v) is 2.86. The molecule has 106 valence electrons. The van der Waals surface area contributed by atoms with Crippen LogP contribution in [0.1, 0.15) is 31.9 Å². The summed E-state index contributed by atoms with van der Waals surface area (Å²) in [5.74, 6) is -0.322. The van der Waals surface area contributed by atoms with E-state index in [0.717, 1.165) is 5.56 Å². The Labute approximate surface area is 114 Å². The first kappa shape index (κ1) is 15.7. The van der Waals surface area contributed by atoms with E-state index < -0.39 is 5.41 Å². The standard InChI is InChI=1S/C15H22O4/c1-15(2,10-16)11-19-14(17)9-13(18-3)12-7-5-4-6-8-12/h4-8,13,16H,9-11H2,1-3H3. The zero-order chi connectivity index (χ0) is 14.3. The van der Waals surface area contributed by atoms with Gasteiger partial charge in [0.1, 0.15) is 0 Å². The van der Waals surface area contributed by atoms with Gasteiger partial charge in [-0.05, 0) is 5.56 Å². The lowest BCUT2D eigenvalue weighted by atomic mass is 9.96. The van der Waals surface area contributed by atoms with Crippen LogP contribution in [0.15, 0.2) is 30.3 Å². The van der Waals surface area contributed by atoms with E-state index in [0.29, 0.717) is 0 Å². The lowest BCUT2D eigenvalue weighted by molar-refractivity contribution is -0.150. The zero-order valence-corrected chi connectivity index (χ0v) is 11.8. The maximum Gasteiger partial charge on any atom is 0.308 e. The van der Waals surface area contributed by atoms with Crippen LogP contribution in [0, 0.1) is 5.41 Å². The van der Waals surface area contributed by atoms with Crippen LogP contribution in [-0.2, 0) is 14.3 Å². The van der Waals surface area contributed by atoms with Crippen LogP contribution in [0.25, 0.3) is 0 Å². The summed E-state index contributed by atoms with van der Waals surface area (Å²) in [6.07, 6.45) is -0.131. The molecule has 1 aromatic carbocycles. The number of methoxy groups -OCH3 is 1. The maximum absolute atomic E-state index is 11.8. The predicted molar refractivity (Wildman–Crippen MR) is 72.6 cm³/mol. The number of carbonyl (C=O) groups excluding carboxylic acids is 1. The van der Waals surface area contributed by atoms with Crippen LogP contribution in [0.2, 0.25) is 0 Å². The maximum atomic E-state index is 11.8. The number of benzene rings is 1. The predicted octanol–water partition coefficient (Wildman–Crippen LogP) is 2.33. The third-order valence-electron chi connectivity index (χ3n) is 2.86. The molecule has 1 atom stereocenters. The van der Waals surface area contributed by atoms with Gasteiger partial charge < -0.3 is 14.6 Å². The van der Waals surface area contributed by atoms with Gasteiger partial charge in [0.2, 0.25) is 0 Å². The third kappa shape index (κ3) is 5.41. The molecule has 0 spiro atoms. The number of aliphatic hydroxyl groups excluding tert-OH is 1. The molecule has 1 N–H and O–H groups in total. The highest BCUT2D eigenvalue weighted by Gasteiger charge is 2.21. The van der Waals surface area contributed by atoms with Crippen molar-refractivity contribution >= 4 is 5.97 Å². The van der Waals surface area contributed by atoms with Crippen molar-refractivity contribution in [3.8, 4) is 0 Å². The van der Waals surface area contributed by atoms with Crippen molar-refractivity contribution in [1.82, 2.24) is 0 Å². The van der Waals surface area contributed by atoms with E-state index in [4.69, 9.17) is 14.6 Å². The Morgan fingerprint density at radius 2 is 1.95 bits per heavy atom. The SMILES string of the molecule is COC(CC(=O)OCC(C)(C)CO)c1ccccc1. The van der Waals surface area contributed by atoms with Crippen LogP contribution in [0.4, 0.5) is 0 Å². The van der Waals surface area contributed by atoms with Crippen LogP contribution in [-0.4, -0.2) is 31.4 Å². The molecule has 4 heteroatoms. The Hall–Kier alpha value is -1.39. The molecule has 19 heavy (non-hydrogen) atoms. The Kier molecular flexibility index (Phi) is 5.99. The van der Waals surface area contributed by atoms with Crippen molar-refractivity contribution in [1.29, 1.82) is 0 Å². The number of aliphatic hydroxyl groups is 1. The van der Waals surface area contributed by atoms with Gasteiger partial charge in [-0.1, -0.05) is 44.2 Å². The average Bonchev–Trinajstić information content (AvgIpc) is 2.43. The van der Waals surface area contributed by atoms with Crippen molar-refractivity contribution in [2.24, 2.45) is 5.41 Å². The van der Waals surface area contributed by atoms with E-state index in [1.165, 1.54) is 0 Å². The number of rotatable bonds is 7. The van der Waals surface area contributed by atoms with Gasteiger partial charge >= 0.3 is 5.97 Å². The van der Waals surface area contributed by atoms with E-state index in [-0.39, 0.29) is 31.7 Å². The highest BCUT2D eigenvalue weighted by atomic mass is 16.5. The second-order valence-electron chi connectivity index (χ2n) is 5.32. The number of hydrogen-bond donors (Lipinski definition) is 1. The molecule has 4 nitrogen and oxygen atoms in total. The van der Waals surface area contributed by atoms with Crippen LogP contribution >= 0.6 is 0 Å². The molecule has 0 aliphatic carbocycles. The Balaban J connectivity index is 2.51.